The first kappa shape index (κ1) is 22.2. The molecule has 1 atom stereocenters. The van der Waals surface area contributed by atoms with E-state index in [1.807, 2.05) is 36.1 Å². The highest BCUT2D eigenvalue weighted by atomic mass is 16.5. The van der Waals surface area contributed by atoms with E-state index in [-0.39, 0.29) is 24.3 Å². The van der Waals surface area contributed by atoms with Gasteiger partial charge in [0.25, 0.3) is 5.91 Å². The number of benzene rings is 1. The molecule has 1 aromatic carbocycles. The maximum Gasteiger partial charge on any atom is 0.293 e. The lowest BCUT2D eigenvalue weighted by Crippen LogP contribution is -2.48. The Kier molecular flexibility index (Phi) is 8.74. The maximum atomic E-state index is 13.0. The van der Waals surface area contributed by atoms with Crippen LogP contribution in [0.5, 0.6) is 0 Å². The molecule has 1 N–H and O–H groups in total. The van der Waals surface area contributed by atoms with Crippen molar-refractivity contribution in [3.05, 3.63) is 55.0 Å². The van der Waals surface area contributed by atoms with Gasteiger partial charge < -0.3 is 19.6 Å². The zero-order valence-corrected chi connectivity index (χ0v) is 17.3. The van der Waals surface area contributed by atoms with Gasteiger partial charge in [-0.05, 0) is 57.2 Å². The molecule has 1 heterocycles. The van der Waals surface area contributed by atoms with Crippen LogP contribution in [0.25, 0.3) is 0 Å². The second kappa shape index (κ2) is 11.0. The van der Waals surface area contributed by atoms with Crippen molar-refractivity contribution in [3.63, 3.8) is 0 Å². The smallest absolute Gasteiger partial charge is 0.293 e. The number of piperidine rings is 1. The molecule has 1 fully saturated rings. The molecule has 1 unspecified atom stereocenters. The molecule has 154 valence electrons. The summed E-state index contributed by atoms with van der Waals surface area (Å²) < 4.78 is 5.18. The molecule has 0 saturated carbocycles. The first-order chi connectivity index (χ1) is 13.5. The number of anilines is 1. The second-order valence-corrected chi connectivity index (χ2v) is 7.70. The minimum absolute atomic E-state index is 0.0934. The molecule has 5 heteroatoms. The third kappa shape index (κ3) is 6.21. The van der Waals surface area contributed by atoms with Crippen LogP contribution >= 0.6 is 0 Å². The van der Waals surface area contributed by atoms with Gasteiger partial charge in [0, 0.05) is 31.4 Å². The summed E-state index contributed by atoms with van der Waals surface area (Å²) in [6.45, 7) is 14.7. The lowest BCUT2D eigenvalue weighted by Gasteiger charge is -2.39. The average Bonchev–Trinajstić information content (AvgIpc) is 2.69. The third-order valence-corrected chi connectivity index (χ3v) is 5.48. The zero-order valence-electron chi connectivity index (χ0n) is 17.3. The van der Waals surface area contributed by atoms with Crippen LogP contribution in [0.3, 0.4) is 0 Å². The summed E-state index contributed by atoms with van der Waals surface area (Å²) >= 11 is 0. The summed E-state index contributed by atoms with van der Waals surface area (Å²) in [5, 5.41) is 9.06. The van der Waals surface area contributed by atoms with Crippen molar-refractivity contribution in [1.82, 2.24) is 4.90 Å². The second-order valence-electron chi connectivity index (χ2n) is 7.70. The van der Waals surface area contributed by atoms with Crippen LogP contribution in [0.1, 0.15) is 38.2 Å². The standard InChI is InChI=1S/C23H34N2O3/c1-5-28-20(4)23(27)25(21-8-6-18(2)7-9-21)22-11-15-24(16-12-22)14-10-19(3)13-17-26/h5-9,19,22,26H,1,4,10-17H2,2-3H3. The van der Waals surface area contributed by atoms with Gasteiger partial charge >= 0.3 is 0 Å². The summed E-state index contributed by atoms with van der Waals surface area (Å²) in [7, 11) is 0. The van der Waals surface area contributed by atoms with Gasteiger partial charge in [-0.15, -0.1) is 0 Å². The molecular weight excluding hydrogens is 352 g/mol. The number of nitrogens with zero attached hydrogens (tertiary/aromatic N) is 2. The average molecular weight is 387 g/mol. The molecule has 0 spiro atoms. The number of hydrogen-bond donors (Lipinski definition) is 1. The van der Waals surface area contributed by atoms with E-state index >= 15 is 0 Å². The molecule has 0 aliphatic carbocycles. The van der Waals surface area contributed by atoms with E-state index in [4.69, 9.17) is 9.84 Å². The van der Waals surface area contributed by atoms with Gasteiger partial charge in [0.15, 0.2) is 5.76 Å². The first-order valence-electron chi connectivity index (χ1n) is 10.2. The van der Waals surface area contributed by atoms with E-state index in [9.17, 15) is 4.79 Å². The normalized spacial score (nSPS) is 16.4. The Morgan fingerprint density at radius 1 is 1.32 bits per heavy atom. The molecule has 1 amide bonds. The Bertz CT molecular complexity index is 648. The van der Waals surface area contributed by atoms with Crippen molar-refractivity contribution in [2.24, 2.45) is 5.92 Å². The molecule has 1 saturated heterocycles. The largest absolute Gasteiger partial charge is 0.460 e. The van der Waals surface area contributed by atoms with Crippen molar-refractivity contribution in [2.75, 3.05) is 31.1 Å². The van der Waals surface area contributed by atoms with Crippen LogP contribution < -0.4 is 4.90 Å². The number of aliphatic hydroxyl groups excluding tert-OH is 1. The quantitative estimate of drug-likeness (QED) is 0.490. The Labute approximate surface area is 169 Å². The van der Waals surface area contributed by atoms with E-state index in [2.05, 4.69) is 25.0 Å². The number of rotatable bonds is 10. The highest BCUT2D eigenvalue weighted by molar-refractivity contribution is 6.04. The topological polar surface area (TPSA) is 53.0 Å². The molecule has 1 aliphatic heterocycles. The maximum absolute atomic E-state index is 13.0. The minimum atomic E-state index is -0.209. The predicted molar refractivity (Wildman–Crippen MR) is 114 cm³/mol. The van der Waals surface area contributed by atoms with Crippen molar-refractivity contribution >= 4 is 11.6 Å². The summed E-state index contributed by atoms with van der Waals surface area (Å²) in [4.78, 5) is 17.3. The Morgan fingerprint density at radius 2 is 1.96 bits per heavy atom. The zero-order chi connectivity index (χ0) is 20.5. The van der Waals surface area contributed by atoms with Gasteiger partial charge in [0.1, 0.15) is 0 Å². The molecule has 1 aromatic rings. The van der Waals surface area contributed by atoms with Crippen LogP contribution in [-0.2, 0) is 9.53 Å². The van der Waals surface area contributed by atoms with Crippen LogP contribution in [0.15, 0.2) is 49.4 Å². The van der Waals surface area contributed by atoms with Gasteiger partial charge in [0.2, 0.25) is 0 Å². The highest BCUT2D eigenvalue weighted by Gasteiger charge is 2.31. The van der Waals surface area contributed by atoms with Crippen molar-refractivity contribution in [1.29, 1.82) is 0 Å². The third-order valence-electron chi connectivity index (χ3n) is 5.48. The number of carbonyl (C=O) groups excluding carboxylic acids is 1. The summed E-state index contributed by atoms with van der Waals surface area (Å²) in [6.07, 6.45) is 5.02. The SMILES string of the molecule is C=COC(=C)C(=O)N(c1ccc(C)cc1)C1CCN(CCC(C)CCO)CC1. The number of aryl methyl sites for hydroxylation is 1. The number of aliphatic hydroxyl groups is 1. The molecule has 0 bridgehead atoms. The number of likely N-dealkylation sites (tertiary alicyclic amines) is 1. The number of carbonyl (C=O) groups is 1. The number of hydrogen-bond acceptors (Lipinski definition) is 4. The molecule has 0 radical (unpaired) electrons. The summed E-state index contributed by atoms with van der Waals surface area (Å²) in [6, 6.07) is 8.12. The molecule has 1 aliphatic rings. The molecule has 5 nitrogen and oxygen atoms in total. The minimum Gasteiger partial charge on any atom is -0.460 e. The van der Waals surface area contributed by atoms with Crippen LogP contribution in [0.4, 0.5) is 5.69 Å². The van der Waals surface area contributed by atoms with Crippen LogP contribution in [-0.4, -0.2) is 48.2 Å². The van der Waals surface area contributed by atoms with Gasteiger partial charge in [-0.3, -0.25) is 4.79 Å². The van der Waals surface area contributed by atoms with Crippen LogP contribution in [0, 0.1) is 12.8 Å². The van der Waals surface area contributed by atoms with E-state index in [0.717, 1.165) is 56.6 Å². The van der Waals surface area contributed by atoms with Crippen molar-refractivity contribution in [3.8, 4) is 0 Å². The van der Waals surface area contributed by atoms with Gasteiger partial charge in [-0.2, -0.15) is 0 Å². The number of ether oxygens (including phenoxy) is 1. The first-order valence-corrected chi connectivity index (χ1v) is 10.2. The van der Waals surface area contributed by atoms with E-state index in [1.165, 1.54) is 6.26 Å². The lowest BCUT2D eigenvalue weighted by molar-refractivity contribution is -0.118. The number of amides is 1. The van der Waals surface area contributed by atoms with Gasteiger partial charge in [0.05, 0.1) is 6.26 Å². The fourth-order valence-electron chi connectivity index (χ4n) is 3.65. The van der Waals surface area contributed by atoms with Crippen LogP contribution in [0.2, 0.25) is 0 Å². The van der Waals surface area contributed by atoms with Crippen molar-refractivity contribution in [2.45, 2.75) is 45.6 Å². The highest BCUT2D eigenvalue weighted by Crippen LogP contribution is 2.26. The van der Waals surface area contributed by atoms with E-state index in [1.54, 1.807) is 0 Å². The van der Waals surface area contributed by atoms with E-state index < -0.39 is 0 Å². The molecule has 0 aromatic heterocycles. The molecule has 2 rings (SSSR count). The predicted octanol–water partition coefficient (Wildman–Crippen LogP) is 3.87. The van der Waals surface area contributed by atoms with E-state index in [0.29, 0.717) is 5.92 Å². The lowest BCUT2D eigenvalue weighted by atomic mass is 9.99. The summed E-state index contributed by atoms with van der Waals surface area (Å²) in [5.41, 5.74) is 2.03. The Morgan fingerprint density at radius 3 is 2.54 bits per heavy atom. The van der Waals surface area contributed by atoms with Gasteiger partial charge in [-0.25, -0.2) is 0 Å². The van der Waals surface area contributed by atoms with Crippen molar-refractivity contribution < 1.29 is 14.6 Å². The monoisotopic (exact) mass is 386 g/mol. The Balaban J connectivity index is 2.04. The molecule has 28 heavy (non-hydrogen) atoms. The fourth-order valence-corrected chi connectivity index (χ4v) is 3.65. The summed E-state index contributed by atoms with van der Waals surface area (Å²) in [5.74, 6) is 0.419. The Hall–Kier alpha value is -2.11. The van der Waals surface area contributed by atoms with Gasteiger partial charge in [-0.1, -0.05) is 37.8 Å². The fraction of sp³-hybridized carbons (Fsp3) is 0.522. The molecular formula is C23H34N2O3.